The van der Waals surface area contributed by atoms with Gasteiger partial charge in [-0.05, 0) is 55.5 Å². The molecule has 1 aliphatic rings. The van der Waals surface area contributed by atoms with E-state index in [-0.39, 0.29) is 5.41 Å². The van der Waals surface area contributed by atoms with E-state index in [0.717, 1.165) is 17.7 Å². The van der Waals surface area contributed by atoms with Crippen LogP contribution in [0.4, 0.5) is 0 Å². The molecule has 0 N–H and O–H groups in total. The third-order valence-corrected chi connectivity index (χ3v) is 3.94. The number of rotatable bonds is 3. The van der Waals surface area contributed by atoms with Crippen molar-refractivity contribution in [3.05, 3.63) is 28.3 Å². The first-order chi connectivity index (χ1) is 8.53. The Labute approximate surface area is 108 Å². The summed E-state index contributed by atoms with van der Waals surface area (Å²) in [7, 11) is 1.69. The van der Waals surface area contributed by atoms with Crippen LogP contribution >= 0.6 is 0 Å². The Balaban J connectivity index is 2.40. The summed E-state index contributed by atoms with van der Waals surface area (Å²) >= 11 is 0. The number of methoxy groups -OCH3 is 1. The van der Waals surface area contributed by atoms with Crippen molar-refractivity contribution in [2.24, 2.45) is 5.41 Å². The molecule has 0 bridgehead atoms. The summed E-state index contributed by atoms with van der Waals surface area (Å²) in [6.45, 7) is 7.34. The highest BCUT2D eigenvalue weighted by atomic mass is 16.5. The van der Waals surface area contributed by atoms with E-state index in [1.165, 1.54) is 16.7 Å². The summed E-state index contributed by atoms with van der Waals surface area (Å²) in [4.78, 5) is 0. The number of ether oxygens (including phenoxy) is 2. The zero-order valence-electron chi connectivity index (χ0n) is 11.5. The maximum atomic E-state index is 9.30. The summed E-state index contributed by atoms with van der Waals surface area (Å²) in [5, 5.41) is 9.30. The molecule has 1 aliphatic heterocycles. The van der Waals surface area contributed by atoms with Crippen LogP contribution in [0.15, 0.2) is 6.07 Å². The Morgan fingerprint density at radius 1 is 1.33 bits per heavy atom. The minimum absolute atomic E-state index is 0.323. The lowest BCUT2D eigenvalue weighted by Gasteiger charge is -2.36. The Kier molecular flexibility index (Phi) is 3.32. The second-order valence-electron chi connectivity index (χ2n) is 5.19. The second kappa shape index (κ2) is 4.62. The second-order valence-corrected chi connectivity index (χ2v) is 5.19. The molecule has 0 amide bonds. The largest absolute Gasteiger partial charge is 0.496 e. The van der Waals surface area contributed by atoms with Gasteiger partial charge in [0.15, 0.2) is 0 Å². The molecule has 3 nitrogen and oxygen atoms in total. The molecule has 1 heterocycles. The minimum atomic E-state index is -0.323. The van der Waals surface area contributed by atoms with Gasteiger partial charge in [-0.15, -0.1) is 0 Å². The van der Waals surface area contributed by atoms with Gasteiger partial charge in [-0.2, -0.15) is 5.26 Å². The highest BCUT2D eigenvalue weighted by Crippen LogP contribution is 2.36. The van der Waals surface area contributed by atoms with Crippen molar-refractivity contribution < 1.29 is 9.47 Å². The van der Waals surface area contributed by atoms with Crippen molar-refractivity contribution in [2.75, 3.05) is 20.3 Å². The van der Waals surface area contributed by atoms with Crippen LogP contribution in [0, 0.1) is 37.5 Å². The molecule has 0 atom stereocenters. The first-order valence-electron chi connectivity index (χ1n) is 6.15. The molecule has 0 saturated carbocycles. The van der Waals surface area contributed by atoms with Crippen LogP contribution in [0.25, 0.3) is 0 Å². The van der Waals surface area contributed by atoms with Crippen molar-refractivity contribution in [3.63, 3.8) is 0 Å². The zero-order chi connectivity index (χ0) is 13.3. The predicted octanol–water partition coefficient (Wildman–Crippen LogP) is 2.70. The molecule has 96 valence electrons. The third kappa shape index (κ3) is 1.97. The molecular formula is C15H19NO2. The first-order valence-corrected chi connectivity index (χ1v) is 6.15. The van der Waals surface area contributed by atoms with Crippen LogP contribution in [0.2, 0.25) is 0 Å². The van der Waals surface area contributed by atoms with Gasteiger partial charge in [-0.25, -0.2) is 0 Å². The van der Waals surface area contributed by atoms with Gasteiger partial charge in [-0.1, -0.05) is 0 Å². The standard InChI is InChI=1S/C15H19NO2/c1-10-5-14(17-4)12(3)11(2)13(10)6-15(7-16)8-18-9-15/h5H,6,8-9H2,1-4H3. The van der Waals surface area contributed by atoms with Gasteiger partial charge in [0, 0.05) is 0 Å². The molecule has 0 unspecified atom stereocenters. The summed E-state index contributed by atoms with van der Waals surface area (Å²) in [6.07, 6.45) is 0.770. The molecule has 0 aromatic heterocycles. The first kappa shape index (κ1) is 12.9. The van der Waals surface area contributed by atoms with E-state index in [4.69, 9.17) is 9.47 Å². The van der Waals surface area contributed by atoms with Gasteiger partial charge in [-0.3, -0.25) is 0 Å². The van der Waals surface area contributed by atoms with Crippen LogP contribution in [-0.4, -0.2) is 20.3 Å². The van der Waals surface area contributed by atoms with E-state index >= 15 is 0 Å². The molecule has 0 radical (unpaired) electrons. The molecule has 1 aromatic carbocycles. The zero-order valence-corrected chi connectivity index (χ0v) is 11.5. The average molecular weight is 245 g/mol. The summed E-state index contributed by atoms with van der Waals surface area (Å²) in [6, 6.07) is 4.47. The molecule has 18 heavy (non-hydrogen) atoms. The van der Waals surface area contributed by atoms with Crippen molar-refractivity contribution >= 4 is 0 Å². The Morgan fingerprint density at radius 3 is 2.44 bits per heavy atom. The molecule has 0 aliphatic carbocycles. The van der Waals surface area contributed by atoms with Crippen LogP contribution in [-0.2, 0) is 11.2 Å². The highest BCUT2D eigenvalue weighted by Gasteiger charge is 2.39. The van der Waals surface area contributed by atoms with Gasteiger partial charge >= 0.3 is 0 Å². The van der Waals surface area contributed by atoms with Crippen molar-refractivity contribution in [3.8, 4) is 11.8 Å². The summed E-state index contributed by atoms with van der Waals surface area (Å²) in [5.74, 6) is 0.921. The summed E-state index contributed by atoms with van der Waals surface area (Å²) < 4.78 is 10.6. The van der Waals surface area contributed by atoms with E-state index in [9.17, 15) is 5.26 Å². The number of nitriles is 1. The number of nitrogens with zero attached hydrogens (tertiary/aromatic N) is 1. The van der Waals surface area contributed by atoms with Gasteiger partial charge in [0.2, 0.25) is 0 Å². The molecule has 1 fully saturated rings. The number of aryl methyl sites for hydroxylation is 1. The maximum Gasteiger partial charge on any atom is 0.122 e. The Bertz CT molecular complexity index is 510. The van der Waals surface area contributed by atoms with Gasteiger partial charge in [0.1, 0.15) is 11.2 Å². The molecule has 1 aromatic rings. The van der Waals surface area contributed by atoms with E-state index in [1.807, 2.05) is 0 Å². The number of benzene rings is 1. The van der Waals surface area contributed by atoms with Crippen LogP contribution in [0.1, 0.15) is 22.3 Å². The molecule has 3 heteroatoms. The highest BCUT2D eigenvalue weighted by molar-refractivity contribution is 5.48. The Morgan fingerprint density at radius 2 is 2.00 bits per heavy atom. The lowest BCUT2D eigenvalue weighted by atomic mass is 9.78. The maximum absolute atomic E-state index is 9.30. The van der Waals surface area contributed by atoms with E-state index in [0.29, 0.717) is 13.2 Å². The fourth-order valence-corrected chi connectivity index (χ4v) is 2.48. The van der Waals surface area contributed by atoms with Crippen molar-refractivity contribution in [1.29, 1.82) is 5.26 Å². The number of hydrogen-bond donors (Lipinski definition) is 0. The van der Waals surface area contributed by atoms with Gasteiger partial charge in [0.25, 0.3) is 0 Å². The average Bonchev–Trinajstić information content (AvgIpc) is 2.32. The van der Waals surface area contributed by atoms with Crippen LogP contribution in [0.3, 0.4) is 0 Å². The fourth-order valence-electron chi connectivity index (χ4n) is 2.48. The minimum Gasteiger partial charge on any atom is -0.496 e. The summed E-state index contributed by atoms with van der Waals surface area (Å²) in [5.41, 5.74) is 4.52. The fraction of sp³-hybridized carbons (Fsp3) is 0.533. The normalized spacial score (nSPS) is 16.8. The smallest absolute Gasteiger partial charge is 0.122 e. The van der Waals surface area contributed by atoms with Crippen molar-refractivity contribution in [2.45, 2.75) is 27.2 Å². The van der Waals surface area contributed by atoms with Gasteiger partial charge < -0.3 is 9.47 Å². The third-order valence-electron chi connectivity index (χ3n) is 3.94. The monoisotopic (exact) mass is 245 g/mol. The molecule has 1 saturated heterocycles. The van der Waals surface area contributed by atoms with Crippen LogP contribution < -0.4 is 4.74 Å². The van der Waals surface area contributed by atoms with E-state index in [2.05, 4.69) is 32.9 Å². The molecule has 2 rings (SSSR count). The van der Waals surface area contributed by atoms with E-state index in [1.54, 1.807) is 7.11 Å². The quantitative estimate of drug-likeness (QED) is 0.822. The van der Waals surface area contributed by atoms with E-state index < -0.39 is 0 Å². The van der Waals surface area contributed by atoms with Crippen molar-refractivity contribution in [1.82, 2.24) is 0 Å². The molecule has 0 spiro atoms. The molecular weight excluding hydrogens is 226 g/mol. The lowest BCUT2D eigenvalue weighted by Crippen LogP contribution is -2.43. The SMILES string of the molecule is COc1cc(C)c(CC2(C#N)COC2)c(C)c1C. The van der Waals surface area contributed by atoms with Gasteiger partial charge in [0.05, 0.1) is 26.4 Å². The topological polar surface area (TPSA) is 42.2 Å². The lowest BCUT2D eigenvalue weighted by molar-refractivity contribution is -0.0766. The predicted molar refractivity (Wildman–Crippen MR) is 69.8 cm³/mol. The van der Waals surface area contributed by atoms with Crippen LogP contribution in [0.5, 0.6) is 5.75 Å². The number of hydrogen-bond acceptors (Lipinski definition) is 3. The Hall–Kier alpha value is -1.53.